The minimum Gasteiger partial charge on any atom is -0.313 e. The Morgan fingerprint density at radius 3 is 2.94 bits per heavy atom. The van der Waals surface area contributed by atoms with Crippen molar-refractivity contribution in [3.63, 3.8) is 0 Å². The topological polar surface area (TPSA) is 12.0 Å². The normalized spacial score (nSPS) is 25.0. The highest BCUT2D eigenvalue weighted by Crippen LogP contribution is 2.36. The highest BCUT2D eigenvalue weighted by atomic mass is 79.9. The largest absolute Gasteiger partial charge is 0.313 e. The first kappa shape index (κ1) is 12.4. The maximum atomic E-state index is 13.9. The predicted molar refractivity (Wildman–Crippen MR) is 71.2 cm³/mol. The van der Waals surface area contributed by atoms with Crippen LogP contribution in [0.15, 0.2) is 16.6 Å². The first-order valence-corrected chi connectivity index (χ1v) is 7.31. The molecule has 2 rings (SSSR count). The summed E-state index contributed by atoms with van der Waals surface area (Å²) in [5.41, 5.74) is 1.96. The lowest BCUT2D eigenvalue weighted by atomic mass is 9.92. The molecule has 0 amide bonds. The molecule has 2 atom stereocenters. The lowest BCUT2D eigenvalue weighted by Gasteiger charge is -2.23. The maximum Gasteiger partial charge on any atom is 0.128 e. The fourth-order valence-corrected chi connectivity index (χ4v) is 3.88. The molecule has 0 aromatic heterocycles. The monoisotopic (exact) mass is 303 g/mol. The average molecular weight is 304 g/mol. The van der Waals surface area contributed by atoms with Crippen LogP contribution in [0.2, 0.25) is 0 Å². The molecule has 1 aromatic carbocycles. The molecular weight excluding hydrogens is 289 g/mol. The van der Waals surface area contributed by atoms with E-state index in [0.717, 1.165) is 27.1 Å². The van der Waals surface area contributed by atoms with Crippen LogP contribution < -0.4 is 5.32 Å². The van der Waals surface area contributed by atoms with E-state index < -0.39 is 0 Å². The minimum atomic E-state index is -0.0915. The third kappa shape index (κ3) is 2.29. The van der Waals surface area contributed by atoms with E-state index in [1.807, 2.05) is 24.9 Å². The van der Waals surface area contributed by atoms with Crippen molar-refractivity contribution in [3.8, 4) is 0 Å². The Morgan fingerprint density at radius 1 is 1.50 bits per heavy atom. The fourth-order valence-electron chi connectivity index (χ4n) is 2.24. The quantitative estimate of drug-likeness (QED) is 0.848. The number of fused-ring (bicyclic) bond motifs is 1. The van der Waals surface area contributed by atoms with Crippen molar-refractivity contribution in [2.24, 2.45) is 5.92 Å². The van der Waals surface area contributed by atoms with Gasteiger partial charge < -0.3 is 5.32 Å². The average Bonchev–Trinajstić information content (AvgIpc) is 2.37. The van der Waals surface area contributed by atoms with Gasteiger partial charge >= 0.3 is 0 Å². The van der Waals surface area contributed by atoms with Gasteiger partial charge in [0.25, 0.3) is 0 Å². The van der Waals surface area contributed by atoms with Crippen LogP contribution in [0.1, 0.15) is 24.1 Å². The SMILES string of the molecule is CNC1c2cc(Br)cc(F)c2CSCC1C. The molecule has 1 aliphatic rings. The molecule has 1 aromatic rings. The van der Waals surface area contributed by atoms with Gasteiger partial charge in [0.05, 0.1) is 0 Å². The molecule has 1 aliphatic heterocycles. The van der Waals surface area contributed by atoms with E-state index in [1.54, 1.807) is 6.07 Å². The van der Waals surface area contributed by atoms with E-state index in [2.05, 4.69) is 28.2 Å². The van der Waals surface area contributed by atoms with Crippen LogP contribution in [-0.2, 0) is 5.75 Å². The summed E-state index contributed by atoms with van der Waals surface area (Å²) < 4.78 is 14.7. The molecule has 0 fully saturated rings. The predicted octanol–water partition coefficient (Wildman–Crippen LogP) is 3.73. The smallest absolute Gasteiger partial charge is 0.128 e. The van der Waals surface area contributed by atoms with Gasteiger partial charge in [-0.1, -0.05) is 22.9 Å². The molecule has 0 saturated carbocycles. The molecule has 0 bridgehead atoms. The van der Waals surface area contributed by atoms with Gasteiger partial charge in [0.15, 0.2) is 0 Å². The molecule has 0 radical (unpaired) electrons. The van der Waals surface area contributed by atoms with Crippen molar-refractivity contribution in [3.05, 3.63) is 33.5 Å². The third-order valence-corrected chi connectivity index (χ3v) is 4.75. The number of nitrogens with one attached hydrogen (secondary N) is 1. The Morgan fingerprint density at radius 2 is 2.25 bits per heavy atom. The number of thioether (sulfide) groups is 1. The van der Waals surface area contributed by atoms with Crippen LogP contribution in [0.3, 0.4) is 0 Å². The van der Waals surface area contributed by atoms with E-state index >= 15 is 0 Å². The van der Waals surface area contributed by atoms with Crippen molar-refractivity contribution in [2.75, 3.05) is 12.8 Å². The van der Waals surface area contributed by atoms with Crippen LogP contribution >= 0.6 is 27.7 Å². The van der Waals surface area contributed by atoms with E-state index in [9.17, 15) is 4.39 Å². The van der Waals surface area contributed by atoms with E-state index in [0.29, 0.717) is 5.92 Å². The van der Waals surface area contributed by atoms with Crippen LogP contribution in [0, 0.1) is 11.7 Å². The van der Waals surface area contributed by atoms with Crippen molar-refractivity contribution in [1.29, 1.82) is 0 Å². The van der Waals surface area contributed by atoms with Gasteiger partial charge in [0.2, 0.25) is 0 Å². The standard InChI is InChI=1S/C12H15BrFNS/c1-7-5-16-6-10-9(12(7)15-2)3-8(13)4-11(10)14/h3-4,7,12,15H,5-6H2,1-2H3. The van der Waals surface area contributed by atoms with Crippen molar-refractivity contribution in [2.45, 2.75) is 18.7 Å². The number of halogens is 2. The summed E-state index contributed by atoms with van der Waals surface area (Å²) in [7, 11) is 1.94. The second kappa shape index (κ2) is 5.07. The highest BCUT2D eigenvalue weighted by Gasteiger charge is 2.25. The van der Waals surface area contributed by atoms with Crippen LogP contribution in [-0.4, -0.2) is 12.8 Å². The molecule has 4 heteroatoms. The van der Waals surface area contributed by atoms with E-state index in [4.69, 9.17) is 0 Å². The molecule has 2 unspecified atom stereocenters. The molecule has 16 heavy (non-hydrogen) atoms. The van der Waals surface area contributed by atoms with Gasteiger partial charge in [-0.2, -0.15) is 11.8 Å². The van der Waals surface area contributed by atoms with Gasteiger partial charge in [-0.15, -0.1) is 0 Å². The lowest BCUT2D eigenvalue weighted by molar-refractivity contribution is 0.447. The zero-order chi connectivity index (χ0) is 11.7. The van der Waals surface area contributed by atoms with E-state index in [1.165, 1.54) is 0 Å². The fraction of sp³-hybridized carbons (Fsp3) is 0.500. The molecular formula is C12H15BrFNS. The number of hydrogen-bond acceptors (Lipinski definition) is 2. The lowest BCUT2D eigenvalue weighted by Crippen LogP contribution is -2.24. The van der Waals surface area contributed by atoms with Gasteiger partial charge in [-0.05, 0) is 36.4 Å². The molecule has 1 nitrogen and oxygen atoms in total. The second-order valence-electron chi connectivity index (χ2n) is 4.21. The Balaban J connectivity index is 2.53. The first-order chi connectivity index (χ1) is 7.63. The Labute approximate surface area is 108 Å². The molecule has 0 aliphatic carbocycles. The summed E-state index contributed by atoms with van der Waals surface area (Å²) in [6.45, 7) is 2.21. The first-order valence-electron chi connectivity index (χ1n) is 5.36. The number of hydrogen-bond donors (Lipinski definition) is 1. The zero-order valence-electron chi connectivity index (χ0n) is 9.39. The maximum absolute atomic E-state index is 13.9. The van der Waals surface area contributed by atoms with Crippen LogP contribution in [0.4, 0.5) is 4.39 Å². The zero-order valence-corrected chi connectivity index (χ0v) is 11.8. The summed E-state index contributed by atoms with van der Waals surface area (Å²) in [6.07, 6.45) is 0. The molecule has 88 valence electrons. The molecule has 0 saturated heterocycles. The van der Waals surface area contributed by atoms with Gasteiger partial charge in [-0.25, -0.2) is 4.39 Å². The Hall–Kier alpha value is -0.0600. The summed E-state index contributed by atoms with van der Waals surface area (Å²) in [5.74, 6) is 2.27. The number of benzene rings is 1. The summed E-state index contributed by atoms with van der Waals surface area (Å²) >= 11 is 5.18. The number of rotatable bonds is 1. The van der Waals surface area contributed by atoms with Crippen molar-refractivity contribution >= 4 is 27.7 Å². The van der Waals surface area contributed by atoms with Crippen LogP contribution in [0.5, 0.6) is 0 Å². The molecule has 1 N–H and O–H groups in total. The Kier molecular flexibility index (Phi) is 3.93. The van der Waals surface area contributed by atoms with Crippen molar-refractivity contribution < 1.29 is 4.39 Å². The van der Waals surface area contributed by atoms with E-state index in [-0.39, 0.29) is 11.9 Å². The van der Waals surface area contributed by atoms with Gasteiger partial charge in [-0.3, -0.25) is 0 Å². The van der Waals surface area contributed by atoms with Crippen LogP contribution in [0.25, 0.3) is 0 Å². The third-order valence-electron chi connectivity index (χ3n) is 3.04. The molecule has 1 heterocycles. The molecule has 0 spiro atoms. The van der Waals surface area contributed by atoms with Gasteiger partial charge in [0.1, 0.15) is 5.82 Å². The Bertz CT molecular complexity index is 397. The minimum absolute atomic E-state index is 0.0915. The van der Waals surface area contributed by atoms with Gasteiger partial charge in [0, 0.05) is 21.8 Å². The summed E-state index contributed by atoms with van der Waals surface area (Å²) in [4.78, 5) is 0. The highest BCUT2D eigenvalue weighted by molar-refractivity contribution is 9.10. The summed E-state index contributed by atoms with van der Waals surface area (Å²) in [5, 5.41) is 3.30. The summed E-state index contributed by atoms with van der Waals surface area (Å²) in [6, 6.07) is 3.85. The van der Waals surface area contributed by atoms with Crippen molar-refractivity contribution in [1.82, 2.24) is 5.32 Å². The second-order valence-corrected chi connectivity index (χ2v) is 6.16.